The molecule has 0 aromatic carbocycles. The van der Waals surface area contributed by atoms with E-state index < -0.39 is 0 Å². The van der Waals surface area contributed by atoms with Crippen molar-refractivity contribution in [3.05, 3.63) is 30.1 Å². The molecule has 1 aromatic rings. The van der Waals surface area contributed by atoms with Gasteiger partial charge in [-0.1, -0.05) is 0 Å². The predicted octanol–water partition coefficient (Wildman–Crippen LogP) is 1.72. The average Bonchev–Trinajstić information content (AvgIpc) is 3.00. The van der Waals surface area contributed by atoms with Crippen LogP contribution < -0.4 is 4.57 Å². The molecule has 96 valence electrons. The summed E-state index contributed by atoms with van der Waals surface area (Å²) in [6.07, 6.45) is 6.81. The summed E-state index contributed by atoms with van der Waals surface area (Å²) in [7, 11) is 0. The Morgan fingerprint density at radius 2 is 2.11 bits per heavy atom. The van der Waals surface area contributed by atoms with Crippen LogP contribution in [0.4, 0.5) is 0 Å². The minimum absolute atomic E-state index is 0.0864. The normalized spacial score (nSPS) is 67.5. The van der Waals surface area contributed by atoms with Crippen LogP contribution in [0, 0.1) is 54.3 Å². The van der Waals surface area contributed by atoms with Gasteiger partial charge in [-0.2, -0.15) is 4.57 Å². The zero-order valence-electron chi connectivity index (χ0n) is 11.1. The molecule has 5 aliphatic carbocycles. The van der Waals surface area contributed by atoms with Gasteiger partial charge in [-0.25, -0.2) is 0 Å². The number of aromatic nitrogens is 1. The fourth-order valence-corrected chi connectivity index (χ4v) is 8.18. The highest BCUT2D eigenvalue weighted by Crippen LogP contribution is 2.90. The predicted molar refractivity (Wildman–Crippen MR) is 66.8 cm³/mol. The number of rotatable bonds is 1. The highest BCUT2D eigenvalue weighted by molar-refractivity contribution is 5.35. The molecule has 8 rings (SSSR count). The van der Waals surface area contributed by atoms with Gasteiger partial charge >= 0.3 is 0 Å². The van der Waals surface area contributed by atoms with Crippen molar-refractivity contribution in [3.8, 4) is 0 Å². The van der Waals surface area contributed by atoms with Crippen molar-refractivity contribution in [2.24, 2.45) is 47.3 Å². The van der Waals surface area contributed by atoms with E-state index in [4.69, 9.17) is 4.74 Å². The topological polar surface area (TPSA) is 13.1 Å². The third-order valence-corrected chi connectivity index (χ3v) is 8.01. The highest BCUT2D eigenvalue weighted by Gasteiger charge is 2.96. The van der Waals surface area contributed by atoms with E-state index in [1.807, 2.05) is 0 Å². The summed E-state index contributed by atoms with van der Waals surface area (Å²) < 4.78 is 9.25. The lowest BCUT2D eigenvalue weighted by Gasteiger charge is -2.43. The first kappa shape index (κ1) is 9.12. The second-order valence-corrected chi connectivity index (χ2v) is 8.05. The van der Waals surface area contributed by atoms with Crippen molar-refractivity contribution < 1.29 is 9.30 Å². The van der Waals surface area contributed by atoms with Gasteiger partial charge in [0.2, 0.25) is 0 Å². The fourth-order valence-electron chi connectivity index (χ4n) is 8.18. The molecule has 2 nitrogen and oxygen atoms in total. The first-order chi connectivity index (χ1) is 9.32. The Kier molecular flexibility index (Phi) is 1.10. The van der Waals surface area contributed by atoms with Gasteiger partial charge in [0.25, 0.3) is 5.72 Å². The standard InChI is InChI=1S/C17H18NO/c1-7-3-2-4-18(6-7)17-14-9-5-8-10-11(9)15(17)13(10)16(19-17)12(8)14/h2-4,6,8-16H,5H2,1H3/q+1. The van der Waals surface area contributed by atoms with Crippen molar-refractivity contribution in [2.75, 3.05) is 0 Å². The molecule has 1 aromatic heterocycles. The monoisotopic (exact) mass is 252 g/mol. The molecule has 7 fully saturated rings. The van der Waals surface area contributed by atoms with Gasteiger partial charge in [0.15, 0.2) is 12.4 Å². The van der Waals surface area contributed by atoms with Crippen LogP contribution in [0.3, 0.4) is 0 Å². The lowest BCUT2D eigenvalue weighted by molar-refractivity contribution is -0.815. The minimum Gasteiger partial charge on any atom is -0.314 e. The van der Waals surface area contributed by atoms with Crippen LogP contribution in [-0.2, 0) is 10.5 Å². The largest absolute Gasteiger partial charge is 0.314 e. The number of hydrogen-bond acceptors (Lipinski definition) is 1. The first-order valence-electron chi connectivity index (χ1n) is 7.98. The summed E-state index contributed by atoms with van der Waals surface area (Å²) in [5.41, 5.74) is 1.45. The molecule has 0 radical (unpaired) electrons. The zero-order chi connectivity index (χ0) is 12.1. The Hall–Kier alpha value is -0.890. The average molecular weight is 252 g/mol. The van der Waals surface area contributed by atoms with Gasteiger partial charge in [0.1, 0.15) is 0 Å². The molecule has 2 aliphatic heterocycles. The Labute approximate surface area is 112 Å². The third-order valence-electron chi connectivity index (χ3n) is 8.01. The van der Waals surface area contributed by atoms with Gasteiger partial charge in [-0.15, -0.1) is 0 Å². The van der Waals surface area contributed by atoms with E-state index in [9.17, 15) is 0 Å². The highest BCUT2D eigenvalue weighted by atomic mass is 16.5. The van der Waals surface area contributed by atoms with Crippen molar-refractivity contribution >= 4 is 0 Å². The van der Waals surface area contributed by atoms with Crippen LogP contribution in [0.5, 0.6) is 0 Å². The molecule has 0 amide bonds. The Morgan fingerprint density at radius 3 is 3.00 bits per heavy atom. The summed E-state index contributed by atoms with van der Waals surface area (Å²) in [5, 5.41) is 0. The fraction of sp³-hybridized carbons (Fsp3) is 0.706. The summed E-state index contributed by atoms with van der Waals surface area (Å²) in [6.45, 7) is 2.21. The molecule has 3 heterocycles. The molecule has 10 unspecified atom stereocenters. The number of pyridine rings is 1. The van der Waals surface area contributed by atoms with Gasteiger partial charge < -0.3 is 4.74 Å². The number of nitrogens with zero attached hydrogens (tertiary/aromatic N) is 1. The third kappa shape index (κ3) is 0.609. The summed E-state index contributed by atoms with van der Waals surface area (Å²) in [5.74, 6) is 7.79. The van der Waals surface area contributed by atoms with E-state index in [-0.39, 0.29) is 5.72 Å². The summed E-state index contributed by atoms with van der Waals surface area (Å²) >= 11 is 0. The van der Waals surface area contributed by atoms with Crippen molar-refractivity contribution in [1.82, 2.24) is 0 Å². The van der Waals surface area contributed by atoms with Crippen molar-refractivity contribution in [1.29, 1.82) is 0 Å². The molecule has 5 saturated carbocycles. The lowest BCUT2D eigenvalue weighted by Crippen LogP contribution is -2.63. The number of aryl methyl sites for hydroxylation is 1. The lowest BCUT2D eigenvalue weighted by atomic mass is 9.59. The van der Waals surface area contributed by atoms with Gasteiger partial charge in [0, 0.05) is 23.5 Å². The zero-order valence-corrected chi connectivity index (χ0v) is 11.1. The maximum atomic E-state index is 6.76. The number of hydrogen-bond donors (Lipinski definition) is 0. The second kappa shape index (κ2) is 2.28. The van der Waals surface area contributed by atoms with E-state index in [0.29, 0.717) is 6.10 Å². The van der Waals surface area contributed by atoms with Gasteiger partial charge in [0.05, 0.1) is 17.9 Å². The molecule has 2 saturated heterocycles. The molecule has 0 spiro atoms. The van der Waals surface area contributed by atoms with Crippen LogP contribution in [-0.4, -0.2) is 6.10 Å². The Balaban J connectivity index is 1.55. The molecule has 19 heavy (non-hydrogen) atoms. The molecule has 10 atom stereocenters. The van der Waals surface area contributed by atoms with E-state index in [1.165, 1.54) is 5.56 Å². The first-order valence-corrected chi connectivity index (χ1v) is 7.98. The van der Waals surface area contributed by atoms with Crippen molar-refractivity contribution in [3.63, 3.8) is 0 Å². The van der Waals surface area contributed by atoms with E-state index >= 15 is 0 Å². The van der Waals surface area contributed by atoms with Crippen molar-refractivity contribution in [2.45, 2.75) is 25.2 Å². The van der Waals surface area contributed by atoms with Gasteiger partial charge in [-0.3, -0.25) is 0 Å². The SMILES string of the molecule is Cc1ccc[n+](C23OC4C5C6CC(C7C6C4C72)C53)c1. The maximum Gasteiger partial charge on any atom is 0.279 e. The molecule has 2 heteroatoms. The van der Waals surface area contributed by atoms with E-state index in [2.05, 4.69) is 36.0 Å². The second-order valence-electron chi connectivity index (χ2n) is 8.05. The summed E-state index contributed by atoms with van der Waals surface area (Å²) in [6, 6.07) is 4.41. The quantitative estimate of drug-likeness (QED) is 0.694. The molecular weight excluding hydrogens is 234 g/mol. The number of ether oxygens (including phenoxy) is 1. The van der Waals surface area contributed by atoms with E-state index in [0.717, 1.165) is 47.3 Å². The molecule has 4 bridgehead atoms. The van der Waals surface area contributed by atoms with Crippen LogP contribution in [0.1, 0.15) is 12.0 Å². The summed E-state index contributed by atoms with van der Waals surface area (Å²) in [4.78, 5) is 0. The maximum absolute atomic E-state index is 6.76. The molecular formula is C17H18NO+. The van der Waals surface area contributed by atoms with Gasteiger partial charge in [-0.05, 0) is 43.1 Å². The Morgan fingerprint density at radius 1 is 1.16 bits per heavy atom. The minimum atomic E-state index is 0.0864. The molecule has 0 N–H and O–H groups in total. The molecule has 7 aliphatic rings. The van der Waals surface area contributed by atoms with Crippen LogP contribution in [0.2, 0.25) is 0 Å². The Bertz CT molecular complexity index is 646. The smallest absolute Gasteiger partial charge is 0.279 e. The van der Waals surface area contributed by atoms with Crippen LogP contribution in [0.25, 0.3) is 0 Å². The van der Waals surface area contributed by atoms with Crippen LogP contribution in [0.15, 0.2) is 24.5 Å². The van der Waals surface area contributed by atoms with Crippen LogP contribution >= 0.6 is 0 Å². The van der Waals surface area contributed by atoms with E-state index in [1.54, 1.807) is 6.42 Å².